The standard InChI is InChI=1S/C9H20BrNO/c1-8(10)5-6-11(3)7-9(2)12-4/h8-9H,5-7H2,1-4H3. The molecule has 0 amide bonds. The second kappa shape index (κ2) is 6.87. The first-order valence-electron chi connectivity index (χ1n) is 4.41. The molecular weight excluding hydrogens is 218 g/mol. The Kier molecular flexibility index (Phi) is 7.10. The van der Waals surface area contributed by atoms with Gasteiger partial charge in [-0.3, -0.25) is 0 Å². The molecule has 3 heteroatoms. The highest BCUT2D eigenvalue weighted by atomic mass is 79.9. The minimum Gasteiger partial charge on any atom is -0.380 e. The molecule has 0 N–H and O–H groups in total. The molecule has 0 spiro atoms. The summed E-state index contributed by atoms with van der Waals surface area (Å²) in [5.41, 5.74) is 0. The maximum atomic E-state index is 5.17. The number of hydrogen-bond donors (Lipinski definition) is 0. The Morgan fingerprint density at radius 3 is 2.42 bits per heavy atom. The first-order chi connectivity index (χ1) is 5.56. The van der Waals surface area contributed by atoms with Crippen LogP contribution in [0.1, 0.15) is 20.3 Å². The number of methoxy groups -OCH3 is 1. The number of rotatable bonds is 6. The molecule has 0 rings (SSSR count). The Morgan fingerprint density at radius 1 is 1.42 bits per heavy atom. The first-order valence-corrected chi connectivity index (χ1v) is 5.33. The molecule has 2 nitrogen and oxygen atoms in total. The van der Waals surface area contributed by atoms with E-state index in [9.17, 15) is 0 Å². The Morgan fingerprint density at radius 2 is 2.00 bits per heavy atom. The monoisotopic (exact) mass is 237 g/mol. The number of likely N-dealkylation sites (N-methyl/N-ethyl adjacent to an activating group) is 1. The van der Waals surface area contributed by atoms with Crippen molar-refractivity contribution in [2.75, 3.05) is 27.2 Å². The summed E-state index contributed by atoms with van der Waals surface area (Å²) < 4.78 is 5.17. The summed E-state index contributed by atoms with van der Waals surface area (Å²) in [4.78, 5) is 2.91. The van der Waals surface area contributed by atoms with Gasteiger partial charge in [0.2, 0.25) is 0 Å². The predicted molar refractivity (Wildman–Crippen MR) is 57.0 cm³/mol. The minimum absolute atomic E-state index is 0.334. The van der Waals surface area contributed by atoms with E-state index in [2.05, 4.69) is 41.7 Å². The molecule has 0 aliphatic carbocycles. The molecule has 0 bridgehead atoms. The van der Waals surface area contributed by atoms with Crippen molar-refractivity contribution in [2.24, 2.45) is 0 Å². The highest BCUT2D eigenvalue weighted by Crippen LogP contribution is 2.04. The van der Waals surface area contributed by atoms with E-state index < -0.39 is 0 Å². The summed E-state index contributed by atoms with van der Waals surface area (Å²) >= 11 is 3.53. The predicted octanol–water partition coefficient (Wildman–Crippen LogP) is 2.13. The van der Waals surface area contributed by atoms with E-state index in [-0.39, 0.29) is 0 Å². The van der Waals surface area contributed by atoms with Crippen LogP contribution in [0.4, 0.5) is 0 Å². The van der Waals surface area contributed by atoms with Gasteiger partial charge in [-0.2, -0.15) is 0 Å². The van der Waals surface area contributed by atoms with Crippen molar-refractivity contribution in [2.45, 2.75) is 31.2 Å². The minimum atomic E-state index is 0.334. The summed E-state index contributed by atoms with van der Waals surface area (Å²) in [5.74, 6) is 0. The zero-order valence-corrected chi connectivity index (χ0v) is 10.1. The summed E-state index contributed by atoms with van der Waals surface area (Å²) in [7, 11) is 3.89. The third-order valence-electron chi connectivity index (χ3n) is 1.88. The van der Waals surface area contributed by atoms with E-state index in [0.717, 1.165) is 13.1 Å². The first kappa shape index (κ1) is 12.4. The fourth-order valence-electron chi connectivity index (χ4n) is 1.00. The van der Waals surface area contributed by atoms with Crippen LogP contribution in [-0.2, 0) is 4.74 Å². The lowest BCUT2D eigenvalue weighted by atomic mass is 10.3. The molecule has 0 aromatic heterocycles. The zero-order chi connectivity index (χ0) is 9.56. The number of hydrogen-bond acceptors (Lipinski definition) is 2. The van der Waals surface area contributed by atoms with Crippen LogP contribution in [0.3, 0.4) is 0 Å². The number of nitrogens with zero attached hydrogens (tertiary/aromatic N) is 1. The second-order valence-electron chi connectivity index (χ2n) is 3.38. The van der Waals surface area contributed by atoms with Gasteiger partial charge in [0.15, 0.2) is 0 Å². The van der Waals surface area contributed by atoms with E-state index in [4.69, 9.17) is 4.74 Å². The maximum Gasteiger partial charge on any atom is 0.0669 e. The summed E-state index contributed by atoms with van der Waals surface area (Å²) in [6.45, 7) is 6.40. The third kappa shape index (κ3) is 7.07. The maximum absolute atomic E-state index is 5.17. The normalized spacial score (nSPS) is 16.5. The van der Waals surface area contributed by atoms with Gasteiger partial charge >= 0.3 is 0 Å². The van der Waals surface area contributed by atoms with Crippen molar-refractivity contribution >= 4 is 15.9 Å². The van der Waals surface area contributed by atoms with E-state index >= 15 is 0 Å². The molecule has 0 aromatic carbocycles. The largest absolute Gasteiger partial charge is 0.380 e. The van der Waals surface area contributed by atoms with Crippen molar-refractivity contribution in [3.63, 3.8) is 0 Å². The molecule has 0 fully saturated rings. The van der Waals surface area contributed by atoms with E-state index in [1.54, 1.807) is 7.11 Å². The van der Waals surface area contributed by atoms with E-state index in [1.165, 1.54) is 6.42 Å². The second-order valence-corrected chi connectivity index (χ2v) is 4.94. The van der Waals surface area contributed by atoms with Crippen molar-refractivity contribution in [1.82, 2.24) is 4.90 Å². The number of halogens is 1. The topological polar surface area (TPSA) is 12.5 Å². The number of ether oxygens (including phenoxy) is 1. The molecule has 2 atom stereocenters. The average Bonchev–Trinajstić information content (AvgIpc) is 2.00. The van der Waals surface area contributed by atoms with Gasteiger partial charge in [-0.1, -0.05) is 22.9 Å². The zero-order valence-electron chi connectivity index (χ0n) is 8.51. The Balaban J connectivity index is 3.39. The summed E-state index contributed by atoms with van der Waals surface area (Å²) in [6, 6.07) is 0. The molecule has 0 radical (unpaired) electrons. The Bertz CT molecular complexity index is 109. The third-order valence-corrected chi connectivity index (χ3v) is 2.34. The highest BCUT2D eigenvalue weighted by Gasteiger charge is 2.05. The van der Waals surface area contributed by atoms with Crippen LogP contribution in [0.5, 0.6) is 0 Å². The van der Waals surface area contributed by atoms with Crippen LogP contribution in [0.25, 0.3) is 0 Å². The van der Waals surface area contributed by atoms with Crippen LogP contribution < -0.4 is 0 Å². The molecule has 2 unspecified atom stereocenters. The molecule has 0 aromatic rings. The lowest BCUT2D eigenvalue weighted by molar-refractivity contribution is 0.0855. The van der Waals surface area contributed by atoms with Crippen molar-refractivity contribution in [3.05, 3.63) is 0 Å². The van der Waals surface area contributed by atoms with Crippen molar-refractivity contribution in [3.8, 4) is 0 Å². The quantitative estimate of drug-likeness (QED) is 0.657. The molecular formula is C9H20BrNO. The summed E-state index contributed by atoms with van der Waals surface area (Å²) in [5, 5.41) is 0. The average molecular weight is 238 g/mol. The number of alkyl halides is 1. The van der Waals surface area contributed by atoms with Gasteiger partial charge < -0.3 is 9.64 Å². The fraction of sp³-hybridized carbons (Fsp3) is 1.00. The molecule has 0 heterocycles. The van der Waals surface area contributed by atoms with E-state index in [1.807, 2.05) is 0 Å². The Hall–Kier alpha value is 0.400. The van der Waals surface area contributed by atoms with Gasteiger partial charge in [-0.15, -0.1) is 0 Å². The molecule has 12 heavy (non-hydrogen) atoms. The van der Waals surface area contributed by atoms with Gasteiger partial charge in [0.05, 0.1) is 6.10 Å². The summed E-state index contributed by atoms with van der Waals surface area (Å²) in [6.07, 6.45) is 1.52. The van der Waals surface area contributed by atoms with Crippen molar-refractivity contribution < 1.29 is 4.74 Å². The van der Waals surface area contributed by atoms with Gasteiger partial charge in [0.1, 0.15) is 0 Å². The van der Waals surface area contributed by atoms with Crippen molar-refractivity contribution in [1.29, 1.82) is 0 Å². The van der Waals surface area contributed by atoms with Gasteiger partial charge in [-0.25, -0.2) is 0 Å². The lowest BCUT2D eigenvalue weighted by Gasteiger charge is -2.20. The smallest absolute Gasteiger partial charge is 0.0669 e. The van der Waals surface area contributed by atoms with Crippen LogP contribution in [0, 0.1) is 0 Å². The lowest BCUT2D eigenvalue weighted by Crippen LogP contribution is -2.30. The Labute approximate surface area is 84.4 Å². The van der Waals surface area contributed by atoms with Crippen LogP contribution in [0.2, 0.25) is 0 Å². The molecule has 0 saturated heterocycles. The van der Waals surface area contributed by atoms with Gasteiger partial charge in [0.25, 0.3) is 0 Å². The van der Waals surface area contributed by atoms with Gasteiger partial charge in [0, 0.05) is 18.5 Å². The van der Waals surface area contributed by atoms with Crippen LogP contribution in [-0.4, -0.2) is 43.1 Å². The SMILES string of the molecule is COC(C)CN(C)CCC(C)Br. The van der Waals surface area contributed by atoms with E-state index in [0.29, 0.717) is 10.9 Å². The molecule has 0 aliphatic heterocycles. The van der Waals surface area contributed by atoms with Crippen LogP contribution in [0.15, 0.2) is 0 Å². The fourth-order valence-corrected chi connectivity index (χ4v) is 1.21. The van der Waals surface area contributed by atoms with Crippen LogP contribution >= 0.6 is 15.9 Å². The molecule has 0 aliphatic rings. The van der Waals surface area contributed by atoms with Gasteiger partial charge in [-0.05, 0) is 26.9 Å². The highest BCUT2D eigenvalue weighted by molar-refractivity contribution is 9.09. The molecule has 0 saturated carbocycles. The molecule has 74 valence electrons.